The molecule has 0 radical (unpaired) electrons. The normalized spacial score (nSPS) is 11.3. The summed E-state index contributed by atoms with van der Waals surface area (Å²) >= 11 is 3.47. The molecule has 0 bridgehead atoms. The van der Waals surface area contributed by atoms with Crippen molar-refractivity contribution in [2.24, 2.45) is 0 Å². The van der Waals surface area contributed by atoms with E-state index in [1.807, 2.05) is 56.3 Å². The molecule has 3 aromatic carbocycles. The van der Waals surface area contributed by atoms with Crippen LogP contribution in [0.1, 0.15) is 35.0 Å². The summed E-state index contributed by atoms with van der Waals surface area (Å²) in [6, 6.07) is 19.8. The summed E-state index contributed by atoms with van der Waals surface area (Å²) in [6.45, 7) is 4.45. The topological polar surface area (TPSA) is 69.7 Å². The van der Waals surface area contributed by atoms with Crippen molar-refractivity contribution >= 4 is 43.7 Å². The van der Waals surface area contributed by atoms with Crippen LogP contribution in [0.15, 0.2) is 84.8 Å². The molecule has 0 fully saturated rings. The van der Waals surface area contributed by atoms with Crippen molar-refractivity contribution in [1.82, 2.24) is 0 Å². The van der Waals surface area contributed by atoms with E-state index in [1.165, 1.54) is 6.07 Å². The third kappa shape index (κ3) is 3.94. The molecule has 0 unspecified atom stereocenters. The Kier molecular flexibility index (Phi) is 5.84. The SMILES string of the molecule is CCCOc1cccc(C(=O)c2oc3ccc4c(C)cc(=O)oc4c3c2-c2ccc(Br)cc2)c1. The zero-order valence-electron chi connectivity index (χ0n) is 18.7. The van der Waals surface area contributed by atoms with E-state index in [9.17, 15) is 9.59 Å². The number of benzene rings is 3. The number of fused-ring (bicyclic) bond motifs is 3. The van der Waals surface area contributed by atoms with Crippen LogP contribution in [0.2, 0.25) is 0 Å². The third-order valence-corrected chi connectivity index (χ3v) is 6.21. The molecule has 0 aliphatic heterocycles. The highest BCUT2D eigenvalue weighted by atomic mass is 79.9. The second-order valence-electron chi connectivity index (χ2n) is 8.08. The van der Waals surface area contributed by atoms with Crippen LogP contribution in [0.5, 0.6) is 5.75 Å². The van der Waals surface area contributed by atoms with Gasteiger partial charge in [-0.15, -0.1) is 0 Å². The molecule has 0 saturated heterocycles. The number of furan rings is 1. The van der Waals surface area contributed by atoms with E-state index in [1.54, 1.807) is 18.2 Å². The number of hydrogen-bond donors (Lipinski definition) is 0. The molecule has 170 valence electrons. The summed E-state index contributed by atoms with van der Waals surface area (Å²) in [7, 11) is 0. The maximum Gasteiger partial charge on any atom is 0.336 e. The summed E-state index contributed by atoms with van der Waals surface area (Å²) in [5, 5.41) is 1.39. The number of halogens is 1. The van der Waals surface area contributed by atoms with Gasteiger partial charge in [0.15, 0.2) is 5.76 Å². The van der Waals surface area contributed by atoms with Crippen molar-refractivity contribution < 1.29 is 18.4 Å². The molecule has 0 aliphatic rings. The van der Waals surface area contributed by atoms with Crippen molar-refractivity contribution in [3.63, 3.8) is 0 Å². The number of ketones is 1. The number of carbonyl (C=O) groups excluding carboxylic acids is 1. The van der Waals surface area contributed by atoms with Crippen LogP contribution in [0.4, 0.5) is 0 Å². The van der Waals surface area contributed by atoms with Crippen LogP contribution in [0, 0.1) is 6.92 Å². The molecule has 2 heterocycles. The summed E-state index contributed by atoms with van der Waals surface area (Å²) < 4.78 is 18.4. The van der Waals surface area contributed by atoms with Crippen molar-refractivity contribution in [2.45, 2.75) is 20.3 Å². The minimum atomic E-state index is -0.450. The van der Waals surface area contributed by atoms with Gasteiger partial charge in [-0.25, -0.2) is 4.79 Å². The lowest BCUT2D eigenvalue weighted by atomic mass is 9.96. The van der Waals surface area contributed by atoms with E-state index >= 15 is 0 Å². The monoisotopic (exact) mass is 516 g/mol. The first-order valence-electron chi connectivity index (χ1n) is 11.0. The minimum Gasteiger partial charge on any atom is -0.494 e. The quantitative estimate of drug-likeness (QED) is 0.175. The van der Waals surface area contributed by atoms with E-state index < -0.39 is 5.63 Å². The molecule has 2 aromatic heterocycles. The molecule has 0 N–H and O–H groups in total. The first kappa shape index (κ1) is 22.2. The largest absolute Gasteiger partial charge is 0.494 e. The van der Waals surface area contributed by atoms with Gasteiger partial charge < -0.3 is 13.6 Å². The Morgan fingerprint density at radius 1 is 1.00 bits per heavy atom. The van der Waals surface area contributed by atoms with Gasteiger partial charge in [0, 0.05) is 27.1 Å². The second kappa shape index (κ2) is 8.95. The van der Waals surface area contributed by atoms with E-state index in [0.29, 0.717) is 40.0 Å². The highest BCUT2D eigenvalue weighted by molar-refractivity contribution is 9.10. The molecular weight excluding hydrogens is 496 g/mol. The molecule has 5 nitrogen and oxygen atoms in total. The van der Waals surface area contributed by atoms with Gasteiger partial charge in [0.1, 0.15) is 16.9 Å². The van der Waals surface area contributed by atoms with Gasteiger partial charge in [0.2, 0.25) is 5.78 Å². The Balaban J connectivity index is 1.79. The summed E-state index contributed by atoms with van der Waals surface area (Å²) in [4.78, 5) is 26.0. The molecule has 0 atom stereocenters. The van der Waals surface area contributed by atoms with Crippen molar-refractivity contribution in [3.8, 4) is 16.9 Å². The van der Waals surface area contributed by atoms with Gasteiger partial charge in [-0.3, -0.25) is 4.79 Å². The van der Waals surface area contributed by atoms with E-state index in [2.05, 4.69) is 15.9 Å². The van der Waals surface area contributed by atoms with Gasteiger partial charge >= 0.3 is 5.63 Å². The predicted octanol–water partition coefficient (Wildman–Crippen LogP) is 7.30. The fourth-order valence-electron chi connectivity index (χ4n) is 4.09. The lowest BCUT2D eigenvalue weighted by molar-refractivity contribution is 0.101. The molecule has 34 heavy (non-hydrogen) atoms. The average Bonchev–Trinajstić information content (AvgIpc) is 3.23. The van der Waals surface area contributed by atoms with Crippen LogP contribution in [-0.4, -0.2) is 12.4 Å². The molecule has 0 aliphatic carbocycles. The zero-order valence-corrected chi connectivity index (χ0v) is 20.3. The van der Waals surface area contributed by atoms with Gasteiger partial charge in [-0.1, -0.05) is 47.1 Å². The number of aryl methyl sites for hydroxylation is 1. The highest BCUT2D eigenvalue weighted by Crippen LogP contribution is 2.41. The smallest absolute Gasteiger partial charge is 0.336 e. The van der Waals surface area contributed by atoms with Crippen LogP contribution in [0.3, 0.4) is 0 Å². The van der Waals surface area contributed by atoms with Gasteiger partial charge in [0.25, 0.3) is 0 Å². The van der Waals surface area contributed by atoms with Crippen molar-refractivity contribution in [1.29, 1.82) is 0 Å². The standard InChI is InChI=1S/C28H21BrO5/c1-3-13-32-20-6-4-5-18(15-20)26(31)28-24(17-7-9-19(29)10-8-17)25-22(33-28)12-11-21-16(2)14-23(30)34-27(21)25/h4-12,14-15H,3,13H2,1-2H3. The molecule has 5 rings (SSSR count). The van der Waals surface area contributed by atoms with Gasteiger partial charge in [-0.2, -0.15) is 0 Å². The zero-order chi connectivity index (χ0) is 23.8. The molecule has 5 aromatic rings. The number of carbonyl (C=O) groups is 1. The van der Waals surface area contributed by atoms with Gasteiger partial charge in [0.05, 0.1) is 12.0 Å². The van der Waals surface area contributed by atoms with E-state index in [-0.39, 0.29) is 11.5 Å². The van der Waals surface area contributed by atoms with Crippen LogP contribution < -0.4 is 10.4 Å². The molecule has 0 amide bonds. The van der Waals surface area contributed by atoms with Crippen LogP contribution in [-0.2, 0) is 0 Å². The first-order chi connectivity index (χ1) is 16.5. The first-order valence-corrected chi connectivity index (χ1v) is 11.8. The Labute approximate surface area is 204 Å². The Morgan fingerprint density at radius 2 is 1.79 bits per heavy atom. The molecule has 0 spiro atoms. The predicted molar refractivity (Wildman–Crippen MR) is 136 cm³/mol. The third-order valence-electron chi connectivity index (χ3n) is 5.68. The summed E-state index contributed by atoms with van der Waals surface area (Å²) in [5.74, 6) is 0.530. The van der Waals surface area contributed by atoms with E-state index in [0.717, 1.165) is 27.4 Å². The number of hydrogen-bond acceptors (Lipinski definition) is 5. The van der Waals surface area contributed by atoms with Crippen LogP contribution >= 0.6 is 15.9 Å². The maximum atomic E-state index is 13.7. The summed E-state index contributed by atoms with van der Waals surface area (Å²) in [5.41, 5.74) is 3.04. The Bertz CT molecular complexity index is 1590. The lowest BCUT2D eigenvalue weighted by Crippen LogP contribution is -2.03. The molecule has 6 heteroatoms. The average molecular weight is 517 g/mol. The highest BCUT2D eigenvalue weighted by Gasteiger charge is 2.26. The second-order valence-corrected chi connectivity index (χ2v) is 9.00. The molecule has 0 saturated carbocycles. The lowest BCUT2D eigenvalue weighted by Gasteiger charge is -2.08. The van der Waals surface area contributed by atoms with Crippen LogP contribution in [0.25, 0.3) is 33.1 Å². The van der Waals surface area contributed by atoms with Crippen molar-refractivity contribution in [2.75, 3.05) is 6.61 Å². The van der Waals surface area contributed by atoms with E-state index in [4.69, 9.17) is 13.6 Å². The fourth-order valence-corrected chi connectivity index (χ4v) is 4.36. The molecular formula is C28H21BrO5. The summed E-state index contributed by atoms with van der Waals surface area (Å²) in [6.07, 6.45) is 0.868. The minimum absolute atomic E-state index is 0.182. The Hall–Kier alpha value is -3.64. The number of rotatable bonds is 6. The number of ether oxygens (including phenoxy) is 1. The van der Waals surface area contributed by atoms with Gasteiger partial charge in [-0.05, 0) is 60.9 Å². The van der Waals surface area contributed by atoms with Crippen molar-refractivity contribution in [3.05, 3.63) is 98.5 Å². The Morgan fingerprint density at radius 3 is 2.56 bits per heavy atom. The fraction of sp³-hybridized carbons (Fsp3) is 0.143. The maximum absolute atomic E-state index is 13.7.